The van der Waals surface area contributed by atoms with E-state index in [1.807, 2.05) is 36.5 Å². The molecule has 0 aliphatic carbocycles. The van der Waals surface area contributed by atoms with Gasteiger partial charge in [-0.25, -0.2) is 9.19 Å². The summed E-state index contributed by atoms with van der Waals surface area (Å²) in [6.07, 6.45) is 4.39. The molecule has 6 nitrogen and oxygen atoms in total. The van der Waals surface area contributed by atoms with Crippen LogP contribution in [-0.2, 0) is 11.0 Å². The van der Waals surface area contributed by atoms with Crippen molar-refractivity contribution in [3.8, 4) is 22.1 Å². The molecular weight excluding hydrogens is 406 g/mol. The van der Waals surface area contributed by atoms with Crippen molar-refractivity contribution in [2.45, 2.75) is 11.3 Å². The summed E-state index contributed by atoms with van der Waals surface area (Å²) in [6, 6.07) is 15.0. The number of hydrogen-bond acceptors (Lipinski definition) is 6. The van der Waals surface area contributed by atoms with Crippen LogP contribution in [0, 0.1) is 0 Å². The lowest BCUT2D eigenvalue weighted by molar-refractivity contribution is 0.297. The van der Waals surface area contributed by atoms with Crippen molar-refractivity contribution in [1.82, 2.24) is 9.97 Å². The highest BCUT2D eigenvalue weighted by Crippen LogP contribution is 2.33. The molecule has 1 atom stereocenters. The van der Waals surface area contributed by atoms with E-state index in [4.69, 9.17) is 9.47 Å². The van der Waals surface area contributed by atoms with Gasteiger partial charge in [0.25, 0.3) is 0 Å². The molecule has 0 saturated heterocycles. The topological polar surface area (TPSA) is 73.3 Å². The van der Waals surface area contributed by atoms with Crippen molar-refractivity contribution in [2.75, 3.05) is 17.9 Å². The van der Waals surface area contributed by atoms with E-state index in [0.29, 0.717) is 29.6 Å². The van der Waals surface area contributed by atoms with Crippen LogP contribution in [0.2, 0.25) is 0 Å². The normalized spacial score (nSPS) is 14.3. The molecule has 0 radical (unpaired) electrons. The first-order chi connectivity index (χ1) is 14.3. The first-order valence-corrected chi connectivity index (χ1v) is 11.1. The van der Waals surface area contributed by atoms with Crippen molar-refractivity contribution < 1.29 is 13.7 Å². The molecule has 5 rings (SSSR count). The summed E-state index contributed by atoms with van der Waals surface area (Å²) in [5.41, 5.74) is 2.64. The number of benzene rings is 2. The number of aromatic nitrogens is 2. The number of thiazole rings is 1. The summed E-state index contributed by atoms with van der Waals surface area (Å²) in [5, 5.41) is 0.901. The van der Waals surface area contributed by atoms with Gasteiger partial charge in [-0.05, 0) is 30.3 Å². The first-order valence-electron chi connectivity index (χ1n) is 9.15. The van der Waals surface area contributed by atoms with Crippen LogP contribution in [0.1, 0.15) is 6.42 Å². The van der Waals surface area contributed by atoms with E-state index in [1.165, 1.54) is 0 Å². The Balaban J connectivity index is 1.39. The van der Waals surface area contributed by atoms with Crippen molar-refractivity contribution in [3.63, 3.8) is 0 Å². The second-order valence-electron chi connectivity index (χ2n) is 6.47. The standard InChI is InChI=1S/C21H17N3O3S2/c25-29(16-5-6-18-19(12-16)27-10-2-9-26-18)24-15-4-1-3-14(11-15)21-23-17-7-8-22-13-20(17)28-21/h1,3-8,11-13,24H,2,9-10H2. The fourth-order valence-corrected chi connectivity index (χ4v) is 4.84. The van der Waals surface area contributed by atoms with Crippen LogP contribution >= 0.6 is 11.3 Å². The average molecular weight is 424 g/mol. The SMILES string of the molecule is O=S(Nc1cccc(-c2nc3ccncc3s2)c1)c1ccc2c(c1)OCCCO2. The fourth-order valence-electron chi connectivity index (χ4n) is 3.04. The Morgan fingerprint density at radius 2 is 1.93 bits per heavy atom. The molecule has 0 bridgehead atoms. The Morgan fingerprint density at radius 1 is 1.03 bits per heavy atom. The summed E-state index contributed by atoms with van der Waals surface area (Å²) in [5.74, 6) is 1.32. The zero-order valence-electron chi connectivity index (χ0n) is 15.3. The summed E-state index contributed by atoms with van der Waals surface area (Å²) >= 11 is 1.58. The molecule has 146 valence electrons. The van der Waals surface area contributed by atoms with E-state index >= 15 is 0 Å². The molecule has 0 saturated carbocycles. The summed E-state index contributed by atoms with van der Waals surface area (Å²) in [7, 11) is -1.43. The van der Waals surface area contributed by atoms with Gasteiger partial charge in [0.2, 0.25) is 0 Å². The monoisotopic (exact) mass is 423 g/mol. The van der Waals surface area contributed by atoms with Crippen molar-refractivity contribution >= 4 is 38.2 Å². The van der Waals surface area contributed by atoms with E-state index < -0.39 is 11.0 Å². The van der Waals surface area contributed by atoms with Gasteiger partial charge >= 0.3 is 0 Å². The molecule has 8 heteroatoms. The van der Waals surface area contributed by atoms with E-state index in [0.717, 1.165) is 32.9 Å². The summed E-state index contributed by atoms with van der Waals surface area (Å²) < 4.78 is 28.3. The zero-order valence-corrected chi connectivity index (χ0v) is 17.0. The van der Waals surface area contributed by atoms with Gasteiger partial charge in [0, 0.05) is 36.1 Å². The Morgan fingerprint density at radius 3 is 2.83 bits per heavy atom. The van der Waals surface area contributed by atoms with Gasteiger partial charge in [0.15, 0.2) is 11.5 Å². The minimum absolute atomic E-state index is 0.594. The molecule has 4 aromatic rings. The predicted octanol–water partition coefficient (Wildman–Crippen LogP) is 4.65. The Bertz CT molecular complexity index is 1180. The second kappa shape index (κ2) is 7.81. The van der Waals surface area contributed by atoms with Gasteiger partial charge in [-0.15, -0.1) is 11.3 Å². The van der Waals surface area contributed by atoms with E-state index in [2.05, 4.69) is 14.7 Å². The number of anilines is 1. The molecule has 0 amide bonds. The highest BCUT2D eigenvalue weighted by molar-refractivity contribution is 7.86. The van der Waals surface area contributed by atoms with Gasteiger partial charge in [0.1, 0.15) is 16.0 Å². The maximum atomic E-state index is 12.9. The highest BCUT2D eigenvalue weighted by Gasteiger charge is 2.14. The van der Waals surface area contributed by atoms with Crippen LogP contribution in [0.5, 0.6) is 11.5 Å². The average Bonchev–Trinajstić information content (AvgIpc) is 3.05. The highest BCUT2D eigenvalue weighted by atomic mass is 32.2. The van der Waals surface area contributed by atoms with Crippen LogP contribution < -0.4 is 14.2 Å². The smallest absolute Gasteiger partial charge is 0.162 e. The molecule has 1 N–H and O–H groups in total. The van der Waals surface area contributed by atoms with Gasteiger partial charge < -0.3 is 14.2 Å². The molecule has 2 aromatic carbocycles. The van der Waals surface area contributed by atoms with Crippen LogP contribution in [0.15, 0.2) is 65.8 Å². The Kier molecular flexibility index (Phi) is 4.87. The number of fused-ring (bicyclic) bond motifs is 2. The van der Waals surface area contributed by atoms with Crippen molar-refractivity contribution in [3.05, 3.63) is 60.9 Å². The number of pyridine rings is 1. The van der Waals surface area contributed by atoms with Crippen molar-refractivity contribution in [1.29, 1.82) is 0 Å². The van der Waals surface area contributed by atoms with E-state index in [-0.39, 0.29) is 0 Å². The van der Waals surface area contributed by atoms with Crippen molar-refractivity contribution in [2.24, 2.45) is 0 Å². The number of ether oxygens (including phenoxy) is 2. The zero-order chi connectivity index (χ0) is 19.6. The third-order valence-corrected chi connectivity index (χ3v) is 6.60. The lowest BCUT2D eigenvalue weighted by atomic mass is 10.2. The quantitative estimate of drug-likeness (QED) is 0.517. The number of hydrogen-bond donors (Lipinski definition) is 1. The minimum Gasteiger partial charge on any atom is -0.490 e. The molecule has 29 heavy (non-hydrogen) atoms. The maximum Gasteiger partial charge on any atom is 0.162 e. The third-order valence-electron chi connectivity index (χ3n) is 4.44. The second-order valence-corrected chi connectivity index (χ2v) is 8.72. The largest absolute Gasteiger partial charge is 0.490 e. The molecule has 0 fully saturated rings. The van der Waals surface area contributed by atoms with Gasteiger partial charge in [-0.1, -0.05) is 12.1 Å². The molecule has 2 aromatic heterocycles. The van der Waals surface area contributed by atoms with Gasteiger partial charge in [-0.2, -0.15) is 0 Å². The van der Waals surface area contributed by atoms with Crippen LogP contribution in [0.4, 0.5) is 5.69 Å². The fraction of sp³-hybridized carbons (Fsp3) is 0.143. The molecule has 1 aliphatic rings. The maximum absolute atomic E-state index is 12.9. The minimum atomic E-state index is -1.43. The molecule has 1 unspecified atom stereocenters. The Hall–Kier alpha value is -2.97. The first kappa shape index (κ1) is 18.1. The summed E-state index contributed by atoms with van der Waals surface area (Å²) in [6.45, 7) is 1.22. The summed E-state index contributed by atoms with van der Waals surface area (Å²) in [4.78, 5) is 9.44. The van der Waals surface area contributed by atoms with Crippen LogP contribution in [0.3, 0.4) is 0 Å². The Labute approximate surface area is 174 Å². The van der Waals surface area contributed by atoms with Crippen LogP contribution in [-0.4, -0.2) is 27.4 Å². The molecular formula is C21H17N3O3S2. The number of nitrogens with one attached hydrogen (secondary N) is 1. The van der Waals surface area contributed by atoms with Gasteiger partial charge in [0.05, 0.1) is 28.3 Å². The van der Waals surface area contributed by atoms with Crippen LogP contribution in [0.25, 0.3) is 20.8 Å². The molecule has 0 spiro atoms. The lowest BCUT2D eigenvalue weighted by Crippen LogP contribution is -2.05. The lowest BCUT2D eigenvalue weighted by Gasteiger charge is -2.11. The molecule has 3 heterocycles. The van der Waals surface area contributed by atoms with E-state index in [9.17, 15) is 4.21 Å². The molecule has 1 aliphatic heterocycles. The van der Waals surface area contributed by atoms with Gasteiger partial charge in [-0.3, -0.25) is 4.98 Å². The number of rotatable bonds is 4. The third kappa shape index (κ3) is 3.81. The predicted molar refractivity (Wildman–Crippen MR) is 115 cm³/mol. The number of nitrogens with zero attached hydrogens (tertiary/aromatic N) is 2. The van der Waals surface area contributed by atoms with E-state index in [1.54, 1.807) is 35.7 Å².